The lowest BCUT2D eigenvalue weighted by molar-refractivity contribution is -0.135. The van der Waals surface area contributed by atoms with E-state index in [4.69, 9.17) is 4.74 Å². The molecule has 22 heavy (non-hydrogen) atoms. The number of anilines is 1. The molecule has 2 aromatic carbocycles. The molecule has 0 amide bonds. The Bertz CT molecular complexity index is 696. The lowest BCUT2D eigenvalue weighted by atomic mass is 9.95. The van der Waals surface area contributed by atoms with Gasteiger partial charge in [-0.2, -0.15) is 0 Å². The smallest absolute Gasteiger partial charge is 0.361 e. The molecule has 0 heterocycles. The van der Waals surface area contributed by atoms with E-state index in [-0.39, 0.29) is 12.3 Å². The van der Waals surface area contributed by atoms with Crippen LogP contribution in [0.3, 0.4) is 0 Å². The Hall–Kier alpha value is -2.82. The van der Waals surface area contributed by atoms with Crippen molar-refractivity contribution in [3.8, 4) is 11.1 Å². The second kappa shape index (κ2) is 7.26. The topological polar surface area (TPSA) is 70.9 Å². The predicted molar refractivity (Wildman–Crippen MR) is 86.4 cm³/mol. The molecule has 0 spiro atoms. The average molecular weight is 298 g/mol. The normalized spacial score (nSPS) is 11.1. The third kappa shape index (κ3) is 3.09. The first-order valence-corrected chi connectivity index (χ1v) is 6.98. The summed E-state index contributed by atoms with van der Waals surface area (Å²) < 4.78 is 4.95. The number of hydrogen-bond donors (Lipinski definition) is 2. The monoisotopic (exact) mass is 298 g/mol. The summed E-state index contributed by atoms with van der Waals surface area (Å²) >= 11 is 0. The van der Waals surface area contributed by atoms with Gasteiger partial charge in [-0.3, -0.25) is 0 Å². The van der Waals surface area contributed by atoms with Gasteiger partial charge in [-0.15, -0.1) is 0 Å². The summed E-state index contributed by atoms with van der Waals surface area (Å²) in [7, 11) is 1.83. The van der Waals surface area contributed by atoms with Crippen LogP contribution < -0.4 is 5.32 Å². The van der Waals surface area contributed by atoms with Gasteiger partial charge in [-0.25, -0.2) is 4.79 Å². The number of ether oxygens (including phenoxy) is 1. The van der Waals surface area contributed by atoms with Gasteiger partial charge in [0, 0.05) is 23.9 Å². The molecule has 2 rings (SSSR count). The van der Waals surface area contributed by atoms with Crippen molar-refractivity contribution in [2.75, 3.05) is 19.0 Å². The van der Waals surface area contributed by atoms with E-state index in [1.807, 2.05) is 43.4 Å². The molecule has 0 saturated carbocycles. The van der Waals surface area contributed by atoms with Crippen LogP contribution in [0.5, 0.6) is 0 Å². The van der Waals surface area contributed by atoms with Crippen LogP contribution in [-0.2, 0) is 9.53 Å². The van der Waals surface area contributed by atoms with Gasteiger partial charge in [-0.05, 0) is 18.6 Å². The maximum absolute atomic E-state index is 12.0. The van der Waals surface area contributed by atoms with Crippen molar-refractivity contribution < 1.29 is 14.7 Å². The van der Waals surface area contributed by atoms with Gasteiger partial charge in [-0.1, -0.05) is 47.6 Å². The van der Waals surface area contributed by atoms with Gasteiger partial charge < -0.3 is 15.3 Å². The van der Waals surface area contributed by atoms with Gasteiger partial charge in [0.1, 0.15) is 0 Å². The van der Waals surface area contributed by atoms with Crippen molar-refractivity contribution in [3.05, 3.63) is 54.1 Å². The number of oxime groups is 1. The van der Waals surface area contributed by atoms with Crippen LogP contribution >= 0.6 is 0 Å². The lowest BCUT2D eigenvalue weighted by Gasteiger charge is -2.13. The third-order valence-corrected chi connectivity index (χ3v) is 3.24. The number of rotatable bonds is 5. The number of hydrogen-bond acceptors (Lipinski definition) is 5. The summed E-state index contributed by atoms with van der Waals surface area (Å²) in [5, 5.41) is 15.5. The number of benzene rings is 2. The molecule has 0 aliphatic rings. The number of carbonyl (C=O) groups is 1. The van der Waals surface area contributed by atoms with Gasteiger partial charge in [0.25, 0.3) is 0 Å². The van der Waals surface area contributed by atoms with Crippen LogP contribution in [-0.4, -0.2) is 30.5 Å². The molecule has 0 unspecified atom stereocenters. The first-order chi connectivity index (χ1) is 10.7. The van der Waals surface area contributed by atoms with E-state index < -0.39 is 5.97 Å². The highest BCUT2D eigenvalue weighted by molar-refractivity contribution is 6.44. The Morgan fingerprint density at radius 3 is 2.41 bits per heavy atom. The molecular weight excluding hydrogens is 280 g/mol. The number of carbonyl (C=O) groups excluding carboxylic acids is 1. The number of nitrogens with one attached hydrogen (secondary N) is 1. The first kappa shape index (κ1) is 15.6. The highest BCUT2D eigenvalue weighted by Gasteiger charge is 2.20. The maximum atomic E-state index is 12.0. The molecule has 0 fully saturated rings. The number of nitrogens with zero attached hydrogens (tertiary/aromatic N) is 1. The summed E-state index contributed by atoms with van der Waals surface area (Å²) in [6.45, 7) is 1.92. The molecule has 5 heteroatoms. The SMILES string of the molecule is CCOC(=O)/C(=N/O)c1ccccc1-c1ccccc1NC. The summed E-state index contributed by atoms with van der Waals surface area (Å²) in [6.07, 6.45) is 0. The largest absolute Gasteiger partial charge is 0.461 e. The third-order valence-electron chi connectivity index (χ3n) is 3.24. The van der Waals surface area contributed by atoms with E-state index in [0.717, 1.165) is 16.8 Å². The van der Waals surface area contributed by atoms with Gasteiger partial charge in [0.05, 0.1) is 6.61 Å². The van der Waals surface area contributed by atoms with Crippen LogP contribution in [0.1, 0.15) is 12.5 Å². The zero-order valence-electron chi connectivity index (χ0n) is 12.5. The van der Waals surface area contributed by atoms with Gasteiger partial charge >= 0.3 is 5.97 Å². The lowest BCUT2D eigenvalue weighted by Crippen LogP contribution is -2.19. The van der Waals surface area contributed by atoms with Gasteiger partial charge in [0.15, 0.2) is 5.71 Å². The molecule has 0 aliphatic heterocycles. The maximum Gasteiger partial charge on any atom is 0.361 e. The van der Waals surface area contributed by atoms with Crippen molar-refractivity contribution >= 4 is 17.4 Å². The van der Waals surface area contributed by atoms with E-state index in [2.05, 4.69) is 10.5 Å². The minimum absolute atomic E-state index is 0.108. The fraction of sp³-hybridized carbons (Fsp3) is 0.176. The number of para-hydroxylation sites is 1. The van der Waals surface area contributed by atoms with Crippen molar-refractivity contribution in [2.45, 2.75) is 6.92 Å². The highest BCUT2D eigenvalue weighted by Crippen LogP contribution is 2.30. The van der Waals surface area contributed by atoms with Crippen LogP contribution in [0.2, 0.25) is 0 Å². The van der Waals surface area contributed by atoms with E-state index in [1.54, 1.807) is 19.1 Å². The second-order valence-corrected chi connectivity index (χ2v) is 4.51. The van der Waals surface area contributed by atoms with E-state index in [9.17, 15) is 10.0 Å². The summed E-state index contributed by atoms with van der Waals surface area (Å²) in [5.74, 6) is -0.653. The molecule has 0 radical (unpaired) electrons. The molecule has 0 aromatic heterocycles. The van der Waals surface area contributed by atoms with Crippen molar-refractivity contribution in [1.82, 2.24) is 0 Å². The number of esters is 1. The van der Waals surface area contributed by atoms with Crippen LogP contribution in [0.4, 0.5) is 5.69 Å². The molecule has 5 nitrogen and oxygen atoms in total. The van der Waals surface area contributed by atoms with Gasteiger partial charge in [0.2, 0.25) is 0 Å². The molecule has 0 saturated heterocycles. The summed E-state index contributed by atoms with van der Waals surface area (Å²) in [5.41, 5.74) is 3.02. The minimum atomic E-state index is -0.653. The standard InChI is InChI=1S/C17H18N2O3/c1-3-22-17(20)16(19-21)14-10-5-4-8-12(14)13-9-6-7-11-15(13)18-2/h4-11,18,21H,3H2,1-2H3/b19-16+. The molecule has 0 atom stereocenters. The Balaban J connectivity index is 2.58. The second-order valence-electron chi connectivity index (χ2n) is 4.51. The van der Waals surface area contributed by atoms with Crippen molar-refractivity contribution in [2.24, 2.45) is 5.16 Å². The van der Waals surface area contributed by atoms with Crippen molar-refractivity contribution in [3.63, 3.8) is 0 Å². The average Bonchev–Trinajstić information content (AvgIpc) is 2.56. The van der Waals surface area contributed by atoms with E-state index in [1.165, 1.54) is 0 Å². The quantitative estimate of drug-likeness (QED) is 0.385. The molecular formula is C17H18N2O3. The van der Waals surface area contributed by atoms with E-state index >= 15 is 0 Å². The minimum Gasteiger partial charge on any atom is -0.461 e. The van der Waals surface area contributed by atoms with Crippen LogP contribution in [0.15, 0.2) is 53.7 Å². The molecule has 114 valence electrons. The Kier molecular flexibility index (Phi) is 5.14. The molecule has 2 N–H and O–H groups in total. The summed E-state index contributed by atoms with van der Waals surface area (Å²) in [6, 6.07) is 15.0. The zero-order valence-corrected chi connectivity index (χ0v) is 12.5. The Morgan fingerprint density at radius 2 is 1.77 bits per heavy atom. The van der Waals surface area contributed by atoms with E-state index in [0.29, 0.717) is 5.56 Å². The summed E-state index contributed by atoms with van der Waals surface area (Å²) in [4.78, 5) is 12.0. The predicted octanol–water partition coefficient (Wildman–Crippen LogP) is 3.14. The molecule has 2 aromatic rings. The highest BCUT2D eigenvalue weighted by atomic mass is 16.5. The van der Waals surface area contributed by atoms with Crippen molar-refractivity contribution in [1.29, 1.82) is 0 Å². The Labute approximate surface area is 129 Å². The molecule has 0 bridgehead atoms. The molecule has 0 aliphatic carbocycles. The fourth-order valence-corrected chi connectivity index (χ4v) is 2.26. The Morgan fingerprint density at radius 1 is 1.14 bits per heavy atom. The fourth-order valence-electron chi connectivity index (χ4n) is 2.26. The van der Waals surface area contributed by atoms with Crippen LogP contribution in [0.25, 0.3) is 11.1 Å². The first-order valence-electron chi connectivity index (χ1n) is 6.98. The zero-order chi connectivity index (χ0) is 15.9. The van der Waals surface area contributed by atoms with Crippen LogP contribution in [0, 0.1) is 0 Å².